The fraction of sp³-hybridized carbons (Fsp3) is 0.500. The van der Waals surface area contributed by atoms with E-state index < -0.39 is 28.0 Å². The van der Waals surface area contributed by atoms with Crippen molar-refractivity contribution in [3.8, 4) is 0 Å². The maximum absolute atomic E-state index is 14.1. The van der Waals surface area contributed by atoms with Gasteiger partial charge in [-0.3, -0.25) is 4.98 Å². The summed E-state index contributed by atoms with van der Waals surface area (Å²) in [5.41, 5.74) is 0.192. The van der Waals surface area contributed by atoms with Gasteiger partial charge in [0, 0.05) is 24.6 Å². The van der Waals surface area contributed by atoms with Crippen molar-refractivity contribution in [3.05, 3.63) is 41.5 Å². The van der Waals surface area contributed by atoms with Crippen molar-refractivity contribution in [1.82, 2.24) is 9.29 Å². The molecule has 1 heterocycles. The maximum Gasteiger partial charge on any atom is 0.165 e. The van der Waals surface area contributed by atoms with E-state index in [0.29, 0.717) is 6.42 Å². The SMILES string of the molecule is C=CC[C@@H](c1nccc(Cl)c1F)N(C)[S@@+]([O-])C(C)(C)C. The second kappa shape index (κ2) is 6.89. The standard InChI is InChI=1S/C14H20ClFN2OS/c1-6-7-11(18(5)20(19)14(2,3)4)13-12(16)10(15)8-9-17-13/h6,8-9,11H,1,7H2,2-5H3/t11-,20-/m0/s1. The van der Waals surface area contributed by atoms with Gasteiger partial charge in [0.05, 0.1) is 10.7 Å². The largest absolute Gasteiger partial charge is 0.597 e. The summed E-state index contributed by atoms with van der Waals surface area (Å²) >= 11 is 4.50. The lowest BCUT2D eigenvalue weighted by Gasteiger charge is -2.34. The minimum atomic E-state index is -1.29. The Kier molecular flexibility index (Phi) is 6.01. The van der Waals surface area contributed by atoms with Gasteiger partial charge in [-0.1, -0.05) is 17.7 Å². The monoisotopic (exact) mass is 318 g/mol. The third kappa shape index (κ3) is 3.95. The highest BCUT2D eigenvalue weighted by Crippen LogP contribution is 2.32. The van der Waals surface area contributed by atoms with Crippen LogP contribution in [0, 0.1) is 5.82 Å². The molecule has 0 aromatic carbocycles. The molecule has 0 aliphatic carbocycles. The van der Waals surface area contributed by atoms with Gasteiger partial charge in [-0.05, 0) is 33.3 Å². The lowest BCUT2D eigenvalue weighted by atomic mass is 10.1. The number of nitrogens with zero attached hydrogens (tertiary/aromatic N) is 2. The molecule has 0 fully saturated rings. The molecule has 0 aliphatic heterocycles. The lowest BCUT2D eigenvalue weighted by molar-refractivity contribution is 0.348. The summed E-state index contributed by atoms with van der Waals surface area (Å²) in [5, 5.41) is 0.0130. The van der Waals surface area contributed by atoms with E-state index in [1.165, 1.54) is 12.3 Å². The van der Waals surface area contributed by atoms with E-state index in [0.717, 1.165) is 0 Å². The van der Waals surface area contributed by atoms with Gasteiger partial charge in [0.2, 0.25) is 0 Å². The fourth-order valence-corrected chi connectivity index (χ4v) is 3.24. The van der Waals surface area contributed by atoms with Gasteiger partial charge in [-0.2, -0.15) is 0 Å². The van der Waals surface area contributed by atoms with Crippen LogP contribution in [-0.4, -0.2) is 25.6 Å². The van der Waals surface area contributed by atoms with Crippen LogP contribution in [0.2, 0.25) is 5.02 Å². The predicted octanol–water partition coefficient (Wildman–Crippen LogP) is 3.89. The second-order valence-corrected chi connectivity index (χ2v) is 8.15. The maximum atomic E-state index is 14.1. The minimum Gasteiger partial charge on any atom is -0.597 e. The van der Waals surface area contributed by atoms with Crippen molar-refractivity contribution in [2.24, 2.45) is 0 Å². The van der Waals surface area contributed by atoms with Crippen molar-refractivity contribution in [2.45, 2.75) is 38.0 Å². The Bertz CT molecular complexity index is 479. The van der Waals surface area contributed by atoms with E-state index >= 15 is 0 Å². The van der Waals surface area contributed by atoms with Crippen molar-refractivity contribution in [2.75, 3.05) is 7.05 Å². The highest BCUT2D eigenvalue weighted by atomic mass is 35.5. The molecule has 112 valence electrons. The van der Waals surface area contributed by atoms with Gasteiger partial charge in [-0.15, -0.1) is 10.9 Å². The summed E-state index contributed by atoms with van der Waals surface area (Å²) in [6.07, 6.45) is 3.54. The minimum absolute atomic E-state index is 0.0130. The first kappa shape index (κ1) is 17.4. The summed E-state index contributed by atoms with van der Waals surface area (Å²) < 4.78 is 27.8. The fourth-order valence-electron chi connectivity index (χ4n) is 1.81. The first-order valence-electron chi connectivity index (χ1n) is 6.25. The summed E-state index contributed by atoms with van der Waals surface area (Å²) in [7, 11) is 1.69. The van der Waals surface area contributed by atoms with Gasteiger partial charge in [0.1, 0.15) is 10.8 Å². The average molecular weight is 319 g/mol. The first-order chi connectivity index (χ1) is 9.20. The number of hydrogen-bond donors (Lipinski definition) is 0. The topological polar surface area (TPSA) is 39.2 Å². The van der Waals surface area contributed by atoms with Gasteiger partial charge in [-0.25, -0.2) is 4.39 Å². The highest BCUT2D eigenvalue weighted by Gasteiger charge is 2.37. The zero-order valence-electron chi connectivity index (χ0n) is 12.2. The Hall–Kier alpha value is -0.620. The highest BCUT2D eigenvalue weighted by molar-refractivity contribution is 7.90. The van der Waals surface area contributed by atoms with Crippen molar-refractivity contribution >= 4 is 23.0 Å². The van der Waals surface area contributed by atoms with E-state index in [1.54, 1.807) is 17.4 Å². The van der Waals surface area contributed by atoms with Crippen molar-refractivity contribution in [3.63, 3.8) is 0 Å². The Morgan fingerprint density at radius 3 is 2.70 bits per heavy atom. The zero-order chi connectivity index (χ0) is 15.5. The molecule has 3 nitrogen and oxygen atoms in total. The Labute approximate surface area is 128 Å². The second-order valence-electron chi connectivity index (χ2n) is 5.44. The number of pyridine rings is 1. The molecule has 0 N–H and O–H groups in total. The van der Waals surface area contributed by atoms with Crippen LogP contribution in [-0.2, 0) is 11.4 Å². The van der Waals surface area contributed by atoms with Gasteiger partial charge < -0.3 is 4.55 Å². The summed E-state index contributed by atoms with van der Waals surface area (Å²) in [6, 6.07) is 0.928. The molecule has 0 saturated heterocycles. The van der Waals surface area contributed by atoms with Crippen LogP contribution < -0.4 is 0 Å². The van der Waals surface area contributed by atoms with E-state index in [2.05, 4.69) is 11.6 Å². The van der Waals surface area contributed by atoms with Crippen LogP contribution >= 0.6 is 11.6 Å². The van der Waals surface area contributed by atoms with Crippen LogP contribution in [0.3, 0.4) is 0 Å². The molecular formula is C14H20ClFN2OS. The number of rotatable bonds is 5. The van der Waals surface area contributed by atoms with E-state index in [-0.39, 0.29) is 10.7 Å². The quantitative estimate of drug-likeness (QED) is 0.611. The van der Waals surface area contributed by atoms with Crippen LogP contribution in [0.4, 0.5) is 4.39 Å². The Balaban J connectivity index is 3.17. The van der Waals surface area contributed by atoms with Crippen molar-refractivity contribution < 1.29 is 8.94 Å². The van der Waals surface area contributed by atoms with Crippen LogP contribution in [0.5, 0.6) is 0 Å². The van der Waals surface area contributed by atoms with Gasteiger partial charge in [0.15, 0.2) is 5.82 Å². The zero-order valence-corrected chi connectivity index (χ0v) is 13.8. The van der Waals surface area contributed by atoms with Crippen LogP contribution in [0.25, 0.3) is 0 Å². The molecule has 6 heteroatoms. The van der Waals surface area contributed by atoms with Crippen LogP contribution in [0.1, 0.15) is 38.9 Å². The summed E-state index contributed by atoms with van der Waals surface area (Å²) in [4.78, 5) is 4.06. The van der Waals surface area contributed by atoms with Crippen LogP contribution in [0.15, 0.2) is 24.9 Å². The molecule has 0 aliphatic rings. The molecule has 0 saturated carbocycles. The molecule has 1 aromatic rings. The molecule has 0 amide bonds. The predicted molar refractivity (Wildman–Crippen MR) is 82.4 cm³/mol. The molecule has 0 spiro atoms. The number of aromatic nitrogens is 1. The molecule has 2 atom stereocenters. The Morgan fingerprint density at radius 1 is 1.60 bits per heavy atom. The summed E-state index contributed by atoms with van der Waals surface area (Å²) in [5.74, 6) is -0.571. The average Bonchev–Trinajstić information content (AvgIpc) is 2.37. The molecular weight excluding hydrogens is 299 g/mol. The molecule has 1 rings (SSSR count). The molecule has 1 aromatic heterocycles. The summed E-state index contributed by atoms with van der Waals surface area (Å²) in [6.45, 7) is 9.28. The molecule has 0 unspecified atom stereocenters. The van der Waals surface area contributed by atoms with E-state index in [4.69, 9.17) is 11.6 Å². The van der Waals surface area contributed by atoms with Crippen molar-refractivity contribution in [1.29, 1.82) is 0 Å². The Morgan fingerprint density at radius 2 is 2.20 bits per heavy atom. The molecule has 0 bridgehead atoms. The van der Waals surface area contributed by atoms with Gasteiger partial charge in [0.25, 0.3) is 0 Å². The molecule has 20 heavy (non-hydrogen) atoms. The third-order valence-electron chi connectivity index (χ3n) is 2.80. The van der Waals surface area contributed by atoms with Gasteiger partial charge >= 0.3 is 0 Å². The van der Waals surface area contributed by atoms with E-state index in [9.17, 15) is 8.94 Å². The number of halogens is 2. The normalized spacial score (nSPS) is 15.2. The van der Waals surface area contributed by atoms with E-state index in [1.807, 2.05) is 20.8 Å². The smallest absolute Gasteiger partial charge is 0.165 e. The first-order valence-corrected chi connectivity index (χ1v) is 7.74. The molecule has 0 radical (unpaired) electrons. The lowest BCUT2D eigenvalue weighted by Crippen LogP contribution is -2.43. The number of hydrogen-bond acceptors (Lipinski definition) is 3. The third-order valence-corrected chi connectivity index (χ3v) is 4.92.